The van der Waals surface area contributed by atoms with E-state index in [1.54, 1.807) is 19.1 Å². The molecule has 4 nitrogen and oxygen atoms in total. The van der Waals surface area contributed by atoms with Crippen molar-refractivity contribution in [2.75, 3.05) is 0 Å². The molecule has 0 aliphatic heterocycles. The van der Waals surface area contributed by atoms with Gasteiger partial charge in [-0.15, -0.1) is 12.4 Å². The highest BCUT2D eigenvalue weighted by molar-refractivity contribution is 5.85. The maximum atomic E-state index is 12.2. The minimum Gasteiger partial charge on any atom is -0.435 e. The van der Waals surface area contributed by atoms with Gasteiger partial charge in [-0.05, 0) is 49.4 Å². The van der Waals surface area contributed by atoms with Gasteiger partial charge in [0.25, 0.3) is 0 Å². The van der Waals surface area contributed by atoms with Crippen molar-refractivity contribution in [2.24, 2.45) is 5.73 Å². The van der Waals surface area contributed by atoms with Crippen molar-refractivity contribution in [3.63, 3.8) is 0 Å². The van der Waals surface area contributed by atoms with Gasteiger partial charge in [-0.1, -0.05) is 6.07 Å². The molecule has 0 bridgehead atoms. The van der Waals surface area contributed by atoms with Gasteiger partial charge in [0, 0.05) is 0 Å². The molecule has 1 aliphatic carbocycles. The van der Waals surface area contributed by atoms with Crippen LogP contribution in [0, 0.1) is 0 Å². The van der Waals surface area contributed by atoms with E-state index in [0.29, 0.717) is 0 Å². The van der Waals surface area contributed by atoms with Crippen LogP contribution in [0.25, 0.3) is 0 Å². The summed E-state index contributed by atoms with van der Waals surface area (Å²) in [7, 11) is 0. The third kappa shape index (κ3) is 4.54. The van der Waals surface area contributed by atoms with E-state index < -0.39 is 12.7 Å². The van der Waals surface area contributed by atoms with Crippen molar-refractivity contribution < 1.29 is 18.3 Å². The molecule has 0 radical (unpaired) electrons. The Labute approximate surface area is 128 Å². The summed E-state index contributed by atoms with van der Waals surface area (Å²) in [6.07, 6.45) is 2.50. The standard InChI is InChI=1S/C14H18F2N2O2.ClH/c1-8(17)13(19)18-12-4-2-3-9-7-10(20-14(15)16)5-6-11(9)12;/h5-8,12,14H,2-4,17H2,1H3,(H,18,19);1H/t8-,12?;/m1./s1. The number of fused-ring (bicyclic) bond motifs is 1. The SMILES string of the molecule is C[C@@H](N)C(=O)NC1CCCc2cc(OC(F)F)ccc21.Cl. The first-order valence-electron chi connectivity index (χ1n) is 6.61. The van der Waals surface area contributed by atoms with Crippen molar-refractivity contribution in [3.8, 4) is 5.75 Å². The molecule has 0 spiro atoms. The Morgan fingerprint density at radius 1 is 1.48 bits per heavy atom. The van der Waals surface area contributed by atoms with E-state index in [0.717, 1.165) is 30.4 Å². The summed E-state index contributed by atoms with van der Waals surface area (Å²) >= 11 is 0. The van der Waals surface area contributed by atoms with Crippen LogP contribution < -0.4 is 15.8 Å². The van der Waals surface area contributed by atoms with E-state index in [2.05, 4.69) is 10.1 Å². The van der Waals surface area contributed by atoms with Crippen LogP contribution in [0.15, 0.2) is 18.2 Å². The smallest absolute Gasteiger partial charge is 0.387 e. The second kappa shape index (κ2) is 7.56. The van der Waals surface area contributed by atoms with Crippen molar-refractivity contribution in [3.05, 3.63) is 29.3 Å². The van der Waals surface area contributed by atoms with Crippen LogP contribution in [-0.4, -0.2) is 18.6 Å². The van der Waals surface area contributed by atoms with Gasteiger partial charge in [-0.2, -0.15) is 8.78 Å². The summed E-state index contributed by atoms with van der Waals surface area (Å²) < 4.78 is 28.8. The zero-order valence-electron chi connectivity index (χ0n) is 11.6. The first kappa shape index (κ1) is 17.7. The molecule has 3 N–H and O–H groups in total. The molecule has 7 heteroatoms. The van der Waals surface area contributed by atoms with Gasteiger partial charge in [-0.3, -0.25) is 4.79 Å². The van der Waals surface area contributed by atoms with E-state index in [-0.39, 0.29) is 30.1 Å². The molecule has 118 valence electrons. The Bertz CT molecular complexity index is 498. The summed E-state index contributed by atoms with van der Waals surface area (Å²) in [5.74, 6) is -0.0614. The Morgan fingerprint density at radius 3 is 2.81 bits per heavy atom. The zero-order chi connectivity index (χ0) is 14.7. The Hall–Kier alpha value is -1.40. The molecule has 0 aromatic heterocycles. The largest absolute Gasteiger partial charge is 0.435 e. The van der Waals surface area contributed by atoms with Crippen molar-refractivity contribution in [1.82, 2.24) is 5.32 Å². The quantitative estimate of drug-likeness (QED) is 0.896. The molecule has 0 fully saturated rings. The van der Waals surface area contributed by atoms with E-state index in [1.165, 1.54) is 6.07 Å². The number of nitrogens with two attached hydrogens (primary N) is 1. The fourth-order valence-corrected chi connectivity index (χ4v) is 2.42. The third-order valence-electron chi connectivity index (χ3n) is 3.38. The number of benzene rings is 1. The fraction of sp³-hybridized carbons (Fsp3) is 0.500. The van der Waals surface area contributed by atoms with Gasteiger partial charge < -0.3 is 15.8 Å². The Balaban J connectivity index is 0.00000220. The number of amides is 1. The lowest BCUT2D eigenvalue weighted by molar-refractivity contribution is -0.122. The molecule has 1 amide bonds. The highest BCUT2D eigenvalue weighted by Crippen LogP contribution is 2.32. The third-order valence-corrected chi connectivity index (χ3v) is 3.38. The molecular formula is C14H19ClF2N2O2. The maximum Gasteiger partial charge on any atom is 0.387 e. The van der Waals surface area contributed by atoms with Crippen LogP contribution in [0.3, 0.4) is 0 Å². The van der Waals surface area contributed by atoms with Gasteiger partial charge in [0.1, 0.15) is 5.75 Å². The van der Waals surface area contributed by atoms with Crippen LogP contribution in [0.4, 0.5) is 8.78 Å². The highest BCUT2D eigenvalue weighted by Gasteiger charge is 2.23. The summed E-state index contributed by atoms with van der Waals surface area (Å²) in [5.41, 5.74) is 7.42. The molecule has 1 aromatic rings. The molecule has 1 aliphatic rings. The maximum absolute atomic E-state index is 12.2. The normalized spacial score (nSPS) is 18.4. The minimum absolute atomic E-state index is 0. The number of ether oxygens (including phenoxy) is 1. The molecular weight excluding hydrogens is 302 g/mol. The number of alkyl halides is 2. The molecule has 0 saturated heterocycles. The van der Waals surface area contributed by atoms with E-state index >= 15 is 0 Å². The number of nitrogens with one attached hydrogen (secondary N) is 1. The van der Waals surface area contributed by atoms with Crippen molar-refractivity contribution >= 4 is 18.3 Å². The summed E-state index contributed by atoms with van der Waals surface area (Å²) in [4.78, 5) is 11.7. The first-order valence-corrected chi connectivity index (χ1v) is 6.61. The number of hydrogen-bond acceptors (Lipinski definition) is 3. The van der Waals surface area contributed by atoms with Crippen LogP contribution >= 0.6 is 12.4 Å². The van der Waals surface area contributed by atoms with Gasteiger partial charge in [-0.25, -0.2) is 0 Å². The van der Waals surface area contributed by atoms with E-state index in [4.69, 9.17) is 5.73 Å². The Morgan fingerprint density at radius 2 is 2.19 bits per heavy atom. The lowest BCUT2D eigenvalue weighted by Crippen LogP contribution is -2.41. The zero-order valence-corrected chi connectivity index (χ0v) is 12.5. The minimum atomic E-state index is -2.83. The van der Waals surface area contributed by atoms with Gasteiger partial charge in [0.15, 0.2) is 0 Å². The lowest BCUT2D eigenvalue weighted by Gasteiger charge is -2.27. The van der Waals surface area contributed by atoms with Crippen LogP contribution in [-0.2, 0) is 11.2 Å². The number of halogens is 3. The average Bonchev–Trinajstić information content (AvgIpc) is 2.37. The highest BCUT2D eigenvalue weighted by atomic mass is 35.5. The van der Waals surface area contributed by atoms with Crippen molar-refractivity contribution in [1.29, 1.82) is 0 Å². The lowest BCUT2D eigenvalue weighted by atomic mass is 9.87. The average molecular weight is 321 g/mol. The number of carbonyl (C=O) groups is 1. The Kier molecular flexibility index (Phi) is 6.36. The second-order valence-electron chi connectivity index (χ2n) is 4.98. The fourth-order valence-electron chi connectivity index (χ4n) is 2.42. The summed E-state index contributed by atoms with van der Waals surface area (Å²) in [6.45, 7) is -1.20. The molecule has 21 heavy (non-hydrogen) atoms. The first-order chi connectivity index (χ1) is 9.47. The van der Waals surface area contributed by atoms with Gasteiger partial charge in [0.2, 0.25) is 5.91 Å². The van der Waals surface area contributed by atoms with Crippen LogP contribution in [0.5, 0.6) is 5.75 Å². The number of hydrogen-bond donors (Lipinski definition) is 2. The topological polar surface area (TPSA) is 64.4 Å². The summed E-state index contributed by atoms with van der Waals surface area (Å²) in [6, 6.07) is 4.17. The second-order valence-corrected chi connectivity index (χ2v) is 4.98. The predicted molar refractivity (Wildman–Crippen MR) is 77.8 cm³/mol. The van der Waals surface area contributed by atoms with Crippen molar-refractivity contribution in [2.45, 2.75) is 44.9 Å². The van der Waals surface area contributed by atoms with Gasteiger partial charge in [0.05, 0.1) is 12.1 Å². The van der Waals surface area contributed by atoms with Crippen LogP contribution in [0.1, 0.15) is 36.9 Å². The monoisotopic (exact) mass is 320 g/mol. The van der Waals surface area contributed by atoms with Crippen LogP contribution in [0.2, 0.25) is 0 Å². The molecule has 2 atom stereocenters. The molecule has 2 rings (SSSR count). The molecule has 0 heterocycles. The van der Waals surface area contributed by atoms with E-state index in [9.17, 15) is 13.6 Å². The number of aryl methyl sites for hydroxylation is 1. The molecule has 1 aromatic carbocycles. The van der Waals surface area contributed by atoms with E-state index in [1.807, 2.05) is 0 Å². The summed E-state index contributed by atoms with van der Waals surface area (Å²) in [5, 5.41) is 2.88. The predicted octanol–water partition coefficient (Wildman–Crippen LogP) is 2.55. The number of carbonyl (C=O) groups excluding carboxylic acids is 1. The number of rotatable bonds is 4. The molecule has 0 saturated carbocycles. The molecule has 1 unspecified atom stereocenters. The van der Waals surface area contributed by atoms with Gasteiger partial charge >= 0.3 is 6.61 Å².